The number of nitrogens with one attached hydrogen (secondary N) is 1. The van der Waals surface area contributed by atoms with E-state index in [1.54, 1.807) is 11.4 Å². The summed E-state index contributed by atoms with van der Waals surface area (Å²) >= 11 is 3.43. The van der Waals surface area contributed by atoms with Gasteiger partial charge in [0.2, 0.25) is 11.8 Å². The van der Waals surface area contributed by atoms with Crippen molar-refractivity contribution >= 4 is 27.5 Å². The summed E-state index contributed by atoms with van der Waals surface area (Å²) in [6, 6.07) is 3.83. The monoisotopic (exact) mass is 322 g/mol. The molecule has 0 spiro atoms. The van der Waals surface area contributed by atoms with Crippen molar-refractivity contribution in [2.45, 2.75) is 13.3 Å². The van der Waals surface area contributed by atoms with E-state index in [0.29, 0.717) is 30.6 Å². The number of anilines is 1. The maximum atomic E-state index is 4.90. The number of pyridine rings is 1. The highest BCUT2D eigenvalue weighted by molar-refractivity contribution is 9.10. The van der Waals surface area contributed by atoms with Crippen LogP contribution in [0.3, 0.4) is 0 Å². The first-order valence-corrected chi connectivity index (χ1v) is 6.55. The van der Waals surface area contributed by atoms with Crippen LogP contribution in [0.1, 0.15) is 11.7 Å². The molecule has 98 valence electrons. The molecule has 0 bridgehead atoms. The highest BCUT2D eigenvalue weighted by Gasteiger charge is 2.06. The Morgan fingerprint density at radius 3 is 3.05 bits per heavy atom. The minimum Gasteiger partial charge on any atom is -0.352 e. The van der Waals surface area contributed by atoms with Crippen molar-refractivity contribution in [3.8, 4) is 0 Å². The predicted molar refractivity (Wildman–Crippen MR) is 71.9 cm³/mol. The number of hydrogen-bond acceptors (Lipinski definition) is 6. The fourth-order valence-electron chi connectivity index (χ4n) is 1.68. The van der Waals surface area contributed by atoms with Gasteiger partial charge < -0.3 is 9.84 Å². The molecule has 3 aromatic rings. The molecule has 0 saturated carbocycles. The normalized spacial score (nSPS) is 11.1. The van der Waals surface area contributed by atoms with Gasteiger partial charge in [-0.25, -0.2) is 4.52 Å². The average molecular weight is 323 g/mol. The second-order valence-electron chi connectivity index (χ2n) is 3.97. The van der Waals surface area contributed by atoms with E-state index in [-0.39, 0.29) is 0 Å². The van der Waals surface area contributed by atoms with Gasteiger partial charge in [0.15, 0.2) is 11.5 Å². The van der Waals surface area contributed by atoms with Crippen molar-refractivity contribution in [1.82, 2.24) is 24.7 Å². The third-order valence-corrected chi connectivity index (χ3v) is 3.14. The molecule has 0 aliphatic heterocycles. The van der Waals surface area contributed by atoms with E-state index in [2.05, 4.69) is 41.5 Å². The summed E-state index contributed by atoms with van der Waals surface area (Å²) in [7, 11) is 0. The van der Waals surface area contributed by atoms with Gasteiger partial charge in [-0.2, -0.15) is 9.97 Å². The number of halogens is 1. The Hall–Kier alpha value is -1.96. The van der Waals surface area contributed by atoms with Gasteiger partial charge in [-0.05, 0) is 28.1 Å². The van der Waals surface area contributed by atoms with E-state index in [1.165, 1.54) is 0 Å². The second kappa shape index (κ2) is 4.96. The summed E-state index contributed by atoms with van der Waals surface area (Å²) in [5.74, 6) is 1.83. The molecule has 0 fully saturated rings. The van der Waals surface area contributed by atoms with Crippen LogP contribution in [-0.2, 0) is 6.42 Å². The molecule has 7 nitrogen and oxygen atoms in total. The Labute approximate surface area is 117 Å². The number of aryl methyl sites for hydroxylation is 1. The van der Waals surface area contributed by atoms with Crippen LogP contribution in [0.5, 0.6) is 0 Å². The van der Waals surface area contributed by atoms with Crippen LogP contribution in [0.15, 0.2) is 27.3 Å². The van der Waals surface area contributed by atoms with Gasteiger partial charge in [-0.1, -0.05) is 5.16 Å². The van der Waals surface area contributed by atoms with Crippen LogP contribution >= 0.6 is 15.9 Å². The molecule has 0 aromatic carbocycles. The first kappa shape index (κ1) is 12.1. The molecule has 0 aliphatic carbocycles. The largest absolute Gasteiger partial charge is 0.352 e. The van der Waals surface area contributed by atoms with Crippen LogP contribution in [0, 0.1) is 6.92 Å². The lowest BCUT2D eigenvalue weighted by atomic mass is 10.4. The molecule has 3 heterocycles. The molecule has 19 heavy (non-hydrogen) atoms. The van der Waals surface area contributed by atoms with Crippen molar-refractivity contribution in [3.05, 3.63) is 34.5 Å². The molecule has 0 radical (unpaired) electrons. The first-order valence-electron chi connectivity index (χ1n) is 5.76. The average Bonchev–Trinajstić information content (AvgIpc) is 2.97. The van der Waals surface area contributed by atoms with Crippen molar-refractivity contribution in [2.75, 3.05) is 11.9 Å². The molecule has 0 atom stereocenters. The summed E-state index contributed by atoms with van der Waals surface area (Å²) in [5.41, 5.74) is 0.778. The Bertz CT molecular complexity index is 706. The summed E-state index contributed by atoms with van der Waals surface area (Å²) in [6.07, 6.45) is 2.51. The van der Waals surface area contributed by atoms with E-state index in [9.17, 15) is 0 Å². The van der Waals surface area contributed by atoms with Gasteiger partial charge in [0.1, 0.15) is 0 Å². The molecule has 3 aromatic heterocycles. The second-order valence-corrected chi connectivity index (χ2v) is 4.82. The zero-order chi connectivity index (χ0) is 13.2. The lowest BCUT2D eigenvalue weighted by molar-refractivity contribution is 0.387. The molecule has 0 aliphatic rings. The molecule has 0 amide bonds. The number of fused-ring (bicyclic) bond motifs is 1. The molecule has 1 N–H and O–H groups in total. The van der Waals surface area contributed by atoms with Crippen molar-refractivity contribution in [1.29, 1.82) is 0 Å². The van der Waals surface area contributed by atoms with E-state index in [1.807, 2.05) is 18.3 Å². The number of aromatic nitrogens is 5. The van der Waals surface area contributed by atoms with Crippen molar-refractivity contribution < 1.29 is 4.52 Å². The maximum Gasteiger partial charge on any atom is 0.243 e. The Morgan fingerprint density at radius 1 is 1.42 bits per heavy atom. The minimum absolute atomic E-state index is 0.574. The maximum absolute atomic E-state index is 4.90. The molecule has 0 saturated heterocycles. The van der Waals surface area contributed by atoms with E-state index in [0.717, 1.165) is 10.1 Å². The van der Waals surface area contributed by atoms with Crippen LogP contribution < -0.4 is 5.32 Å². The summed E-state index contributed by atoms with van der Waals surface area (Å²) < 4.78 is 7.52. The topological polar surface area (TPSA) is 81.1 Å². The summed E-state index contributed by atoms with van der Waals surface area (Å²) in [6.45, 7) is 2.42. The zero-order valence-electron chi connectivity index (χ0n) is 10.2. The van der Waals surface area contributed by atoms with Crippen molar-refractivity contribution in [3.63, 3.8) is 0 Å². The fraction of sp³-hybridized carbons (Fsp3) is 0.273. The smallest absolute Gasteiger partial charge is 0.243 e. The van der Waals surface area contributed by atoms with E-state index >= 15 is 0 Å². The molecular formula is C11H11BrN6O. The first-order chi connectivity index (χ1) is 9.22. The van der Waals surface area contributed by atoms with Gasteiger partial charge in [0.05, 0.1) is 4.47 Å². The predicted octanol–water partition coefficient (Wildman–Crippen LogP) is 1.84. The Kier molecular flexibility index (Phi) is 3.16. The third kappa shape index (κ3) is 2.58. The summed E-state index contributed by atoms with van der Waals surface area (Å²) in [5, 5.41) is 11.3. The van der Waals surface area contributed by atoms with Gasteiger partial charge in [-0.3, -0.25) is 0 Å². The van der Waals surface area contributed by atoms with Crippen LogP contribution in [0.25, 0.3) is 5.65 Å². The fourth-order valence-corrected chi connectivity index (χ4v) is 2.10. The number of rotatable bonds is 4. The highest BCUT2D eigenvalue weighted by atomic mass is 79.9. The van der Waals surface area contributed by atoms with Crippen LogP contribution in [0.2, 0.25) is 0 Å². The third-order valence-electron chi connectivity index (χ3n) is 2.52. The van der Waals surface area contributed by atoms with Crippen LogP contribution in [-0.4, -0.2) is 31.3 Å². The number of nitrogens with zero attached hydrogens (tertiary/aromatic N) is 5. The molecular weight excluding hydrogens is 312 g/mol. The lowest BCUT2D eigenvalue weighted by Gasteiger charge is -1.96. The van der Waals surface area contributed by atoms with Crippen molar-refractivity contribution in [2.24, 2.45) is 0 Å². The lowest BCUT2D eigenvalue weighted by Crippen LogP contribution is -2.07. The van der Waals surface area contributed by atoms with E-state index in [4.69, 9.17) is 4.52 Å². The Morgan fingerprint density at radius 2 is 2.32 bits per heavy atom. The zero-order valence-corrected chi connectivity index (χ0v) is 11.8. The number of hydrogen-bond donors (Lipinski definition) is 1. The quantitative estimate of drug-likeness (QED) is 0.789. The SMILES string of the molecule is Cc1nc(CCNc2nc3c(Br)cccn3n2)no1. The van der Waals surface area contributed by atoms with Gasteiger partial charge >= 0.3 is 0 Å². The van der Waals surface area contributed by atoms with E-state index < -0.39 is 0 Å². The van der Waals surface area contributed by atoms with Gasteiger partial charge in [0, 0.05) is 26.1 Å². The van der Waals surface area contributed by atoms with Gasteiger partial charge in [-0.15, -0.1) is 5.10 Å². The summed E-state index contributed by atoms with van der Waals surface area (Å²) in [4.78, 5) is 8.51. The van der Waals surface area contributed by atoms with Crippen LogP contribution in [0.4, 0.5) is 5.95 Å². The molecule has 8 heteroatoms. The Balaban J connectivity index is 1.67. The minimum atomic E-state index is 0.574. The standard InChI is InChI=1S/C11H11BrN6O/c1-7-14-9(17-19-7)4-5-13-11-15-10-8(12)3-2-6-18(10)16-11/h2-3,6H,4-5H2,1H3,(H,13,16). The molecule has 0 unspecified atom stereocenters. The molecule has 3 rings (SSSR count). The highest BCUT2D eigenvalue weighted by Crippen LogP contribution is 2.16. The van der Waals surface area contributed by atoms with Gasteiger partial charge in [0.25, 0.3) is 0 Å².